The summed E-state index contributed by atoms with van der Waals surface area (Å²) in [5.74, 6) is -1.94. The average Bonchev–Trinajstić information content (AvgIpc) is 3.04. The second-order valence-electron chi connectivity index (χ2n) is 5.10. The number of amides is 1. The van der Waals surface area contributed by atoms with E-state index in [1.54, 1.807) is 18.2 Å². The average molecular weight is 319 g/mol. The zero-order chi connectivity index (χ0) is 16.4. The summed E-state index contributed by atoms with van der Waals surface area (Å²) in [7, 11) is 0. The van der Waals surface area contributed by atoms with E-state index >= 15 is 0 Å². The molecule has 23 heavy (non-hydrogen) atoms. The second-order valence-corrected chi connectivity index (χ2v) is 5.10. The molecule has 2 aromatic rings. The Balaban J connectivity index is 1.79. The number of ether oxygens (including phenoxy) is 1. The molecule has 1 aromatic carbocycles. The Hall–Kier alpha value is -2.74. The Labute approximate surface area is 130 Å². The highest BCUT2D eigenvalue weighted by molar-refractivity contribution is 5.93. The smallest absolute Gasteiger partial charge is 0.334 e. The quantitative estimate of drug-likeness (QED) is 0.884. The lowest BCUT2D eigenvalue weighted by Gasteiger charge is -2.30. The molecule has 0 unspecified atom stereocenters. The zero-order valence-electron chi connectivity index (χ0n) is 12.0. The number of carbonyl (C=O) groups is 2. The van der Waals surface area contributed by atoms with Crippen LogP contribution in [0.15, 0.2) is 30.3 Å². The van der Waals surface area contributed by atoms with Crippen molar-refractivity contribution < 1.29 is 23.8 Å². The Morgan fingerprint density at radius 3 is 2.91 bits per heavy atom. The molecule has 3 rings (SSSR count). The summed E-state index contributed by atoms with van der Waals surface area (Å²) in [6, 6.07) is 7.57. The summed E-state index contributed by atoms with van der Waals surface area (Å²) < 4.78 is 18.8. The molecular formula is C15H14FN3O4. The van der Waals surface area contributed by atoms with Crippen LogP contribution in [0.3, 0.4) is 0 Å². The number of nitrogens with zero attached hydrogens (tertiary/aromatic N) is 2. The fraction of sp³-hybridized carbons (Fsp3) is 0.267. The van der Waals surface area contributed by atoms with Crippen molar-refractivity contribution >= 4 is 11.9 Å². The summed E-state index contributed by atoms with van der Waals surface area (Å²) >= 11 is 0. The number of carboxylic acid groups (broad SMARTS) is 1. The maximum Gasteiger partial charge on any atom is 0.334 e. The van der Waals surface area contributed by atoms with Gasteiger partial charge in [0.1, 0.15) is 11.5 Å². The standard InChI is InChI=1S/C15H14FN3O4/c16-10-4-2-1-3-9(10)11-7-12(18-17-11)14(20)19-5-6-23-13(8-19)15(21)22/h1-4,7,13H,5-6,8H2,(H,17,18)(H,21,22)/t13-/m1/s1. The van der Waals surface area contributed by atoms with Gasteiger partial charge in [0.05, 0.1) is 18.8 Å². The van der Waals surface area contributed by atoms with Crippen LogP contribution < -0.4 is 0 Å². The van der Waals surface area contributed by atoms with Gasteiger partial charge < -0.3 is 14.7 Å². The molecular weight excluding hydrogens is 305 g/mol. The minimum Gasteiger partial charge on any atom is -0.479 e. The third-order valence-electron chi connectivity index (χ3n) is 3.59. The van der Waals surface area contributed by atoms with Crippen molar-refractivity contribution in [3.8, 4) is 11.3 Å². The van der Waals surface area contributed by atoms with E-state index in [9.17, 15) is 14.0 Å². The molecule has 1 aromatic heterocycles. The number of rotatable bonds is 3. The first-order valence-corrected chi connectivity index (χ1v) is 7.00. The van der Waals surface area contributed by atoms with E-state index < -0.39 is 23.8 Å². The molecule has 0 spiro atoms. The minimum absolute atomic E-state index is 0.0395. The fourth-order valence-electron chi connectivity index (χ4n) is 2.39. The van der Waals surface area contributed by atoms with Gasteiger partial charge in [0, 0.05) is 12.1 Å². The van der Waals surface area contributed by atoms with E-state index in [4.69, 9.17) is 9.84 Å². The van der Waals surface area contributed by atoms with Crippen molar-refractivity contribution in [2.24, 2.45) is 0 Å². The Bertz CT molecular complexity index is 746. The number of hydrogen-bond acceptors (Lipinski definition) is 4. The van der Waals surface area contributed by atoms with E-state index in [2.05, 4.69) is 10.2 Å². The van der Waals surface area contributed by atoms with Crippen molar-refractivity contribution in [1.82, 2.24) is 15.1 Å². The summed E-state index contributed by atoms with van der Waals surface area (Å²) in [4.78, 5) is 24.7. The number of morpholine rings is 1. The number of H-pyrrole nitrogens is 1. The van der Waals surface area contributed by atoms with Gasteiger partial charge in [-0.15, -0.1) is 0 Å². The van der Waals surface area contributed by atoms with E-state index in [0.717, 1.165) is 0 Å². The van der Waals surface area contributed by atoms with Crippen molar-refractivity contribution in [3.63, 3.8) is 0 Å². The lowest BCUT2D eigenvalue weighted by atomic mass is 10.1. The first-order chi connectivity index (χ1) is 11.1. The summed E-state index contributed by atoms with van der Waals surface area (Å²) in [5.41, 5.74) is 0.775. The van der Waals surface area contributed by atoms with Crippen molar-refractivity contribution in [2.75, 3.05) is 19.7 Å². The third-order valence-corrected chi connectivity index (χ3v) is 3.59. The van der Waals surface area contributed by atoms with Crippen LogP contribution in [0.25, 0.3) is 11.3 Å². The molecule has 1 saturated heterocycles. The molecule has 7 nitrogen and oxygen atoms in total. The van der Waals surface area contributed by atoms with Gasteiger partial charge in [-0.25, -0.2) is 9.18 Å². The van der Waals surface area contributed by atoms with Gasteiger partial charge in [0.2, 0.25) is 0 Å². The highest BCUT2D eigenvalue weighted by atomic mass is 19.1. The van der Waals surface area contributed by atoms with Crippen LogP contribution in [0.4, 0.5) is 4.39 Å². The number of carbonyl (C=O) groups excluding carboxylic acids is 1. The van der Waals surface area contributed by atoms with Crippen LogP contribution >= 0.6 is 0 Å². The van der Waals surface area contributed by atoms with Crippen LogP contribution in [-0.2, 0) is 9.53 Å². The molecule has 1 aliphatic rings. The molecule has 120 valence electrons. The van der Waals surface area contributed by atoms with Crippen molar-refractivity contribution in [1.29, 1.82) is 0 Å². The summed E-state index contributed by atoms with van der Waals surface area (Å²) in [5, 5.41) is 15.5. The molecule has 1 aliphatic heterocycles. The predicted octanol–water partition coefficient (Wildman–Crippen LogP) is 1.14. The van der Waals surface area contributed by atoms with Crippen LogP contribution in [0, 0.1) is 5.82 Å². The highest BCUT2D eigenvalue weighted by Gasteiger charge is 2.30. The van der Waals surface area contributed by atoms with E-state index in [1.165, 1.54) is 17.0 Å². The van der Waals surface area contributed by atoms with Crippen LogP contribution in [0.5, 0.6) is 0 Å². The number of aromatic amines is 1. The highest BCUT2D eigenvalue weighted by Crippen LogP contribution is 2.21. The third kappa shape index (κ3) is 3.07. The monoisotopic (exact) mass is 319 g/mol. The van der Waals surface area contributed by atoms with Gasteiger partial charge in [-0.3, -0.25) is 9.89 Å². The minimum atomic E-state index is -1.11. The SMILES string of the molecule is O=C(O)[C@H]1CN(C(=O)c2cc(-c3ccccc3F)n[nH]2)CCO1. The predicted molar refractivity (Wildman–Crippen MR) is 77.3 cm³/mol. The topological polar surface area (TPSA) is 95.5 Å². The fourth-order valence-corrected chi connectivity index (χ4v) is 2.39. The zero-order valence-corrected chi connectivity index (χ0v) is 12.0. The molecule has 2 heterocycles. The van der Waals surface area contributed by atoms with Crippen molar-refractivity contribution in [2.45, 2.75) is 6.10 Å². The van der Waals surface area contributed by atoms with Gasteiger partial charge in [0.25, 0.3) is 5.91 Å². The van der Waals surface area contributed by atoms with Crippen molar-refractivity contribution in [3.05, 3.63) is 41.8 Å². The van der Waals surface area contributed by atoms with Crippen LogP contribution in [0.1, 0.15) is 10.5 Å². The van der Waals surface area contributed by atoms with Crippen LogP contribution in [-0.4, -0.2) is 57.9 Å². The number of benzene rings is 1. The molecule has 2 N–H and O–H groups in total. The molecule has 0 radical (unpaired) electrons. The maximum atomic E-state index is 13.7. The Morgan fingerprint density at radius 2 is 2.17 bits per heavy atom. The first-order valence-electron chi connectivity index (χ1n) is 7.00. The van der Waals surface area contributed by atoms with Gasteiger partial charge >= 0.3 is 5.97 Å². The van der Waals surface area contributed by atoms with Crippen LogP contribution in [0.2, 0.25) is 0 Å². The Kier molecular flexibility index (Phi) is 4.07. The number of aromatic nitrogens is 2. The number of hydrogen-bond donors (Lipinski definition) is 2. The number of nitrogens with one attached hydrogen (secondary N) is 1. The summed E-state index contributed by atoms with van der Waals surface area (Å²) in [6.45, 7) is 0.399. The van der Waals surface area contributed by atoms with Gasteiger partial charge in [-0.1, -0.05) is 12.1 Å². The number of aliphatic carboxylic acids is 1. The van der Waals surface area contributed by atoms with Gasteiger partial charge in [0.15, 0.2) is 6.10 Å². The second kappa shape index (κ2) is 6.17. The lowest BCUT2D eigenvalue weighted by Crippen LogP contribution is -2.48. The largest absolute Gasteiger partial charge is 0.479 e. The number of carboxylic acids is 1. The summed E-state index contributed by atoms with van der Waals surface area (Å²) in [6.07, 6.45) is -1.04. The van der Waals surface area contributed by atoms with Gasteiger partial charge in [-0.05, 0) is 18.2 Å². The van der Waals surface area contributed by atoms with E-state index in [0.29, 0.717) is 5.69 Å². The molecule has 1 amide bonds. The molecule has 0 aliphatic carbocycles. The molecule has 1 fully saturated rings. The van der Waals surface area contributed by atoms with E-state index in [1.807, 2.05) is 0 Å². The maximum absolute atomic E-state index is 13.7. The lowest BCUT2D eigenvalue weighted by molar-refractivity contribution is -0.154. The van der Waals surface area contributed by atoms with Gasteiger partial charge in [-0.2, -0.15) is 5.10 Å². The Morgan fingerprint density at radius 1 is 1.39 bits per heavy atom. The normalized spacial score (nSPS) is 18.0. The molecule has 0 bridgehead atoms. The van der Waals surface area contributed by atoms with E-state index in [-0.39, 0.29) is 31.0 Å². The first kappa shape index (κ1) is 15.2. The molecule has 8 heteroatoms. The molecule has 1 atom stereocenters. The number of halogens is 1. The molecule has 0 saturated carbocycles.